The van der Waals surface area contributed by atoms with Crippen molar-refractivity contribution in [2.75, 3.05) is 0 Å². The van der Waals surface area contributed by atoms with Gasteiger partial charge in [0.25, 0.3) is 0 Å². The number of hydrogen-bond donors (Lipinski definition) is 0. The summed E-state index contributed by atoms with van der Waals surface area (Å²) in [7, 11) is 0. The summed E-state index contributed by atoms with van der Waals surface area (Å²) in [6.45, 7) is 0. The van der Waals surface area contributed by atoms with Gasteiger partial charge in [0.1, 0.15) is 5.52 Å². The highest BCUT2D eigenvalue weighted by Gasteiger charge is 2.05. The number of hydrogen-bond acceptors (Lipinski definition) is 2. The molecule has 0 aliphatic carbocycles. The van der Waals surface area contributed by atoms with E-state index in [2.05, 4.69) is 65.6 Å². The van der Waals surface area contributed by atoms with Crippen molar-refractivity contribution >= 4 is 32.6 Å². The van der Waals surface area contributed by atoms with Gasteiger partial charge in [-0.3, -0.25) is 0 Å². The van der Waals surface area contributed by atoms with Crippen LogP contribution in [-0.2, 0) is 0 Å². The Bertz CT molecular complexity index is 1170. The standard InChI is InChI=1S/C21H13NO/c1-2-4-18-14(3-1)5-6-17-11-15(7-9-19(17)18)16-8-10-20-21(12-16)23-13-22-20/h1-13H. The van der Waals surface area contributed by atoms with Crippen LogP contribution < -0.4 is 0 Å². The van der Waals surface area contributed by atoms with Gasteiger partial charge in [0.15, 0.2) is 12.0 Å². The third-order valence-corrected chi connectivity index (χ3v) is 4.41. The number of benzene rings is 4. The molecule has 0 N–H and O–H groups in total. The SMILES string of the molecule is c1ccc2c(c1)ccc1cc(-c3ccc4ncoc4c3)ccc12. The molecule has 23 heavy (non-hydrogen) atoms. The lowest BCUT2D eigenvalue weighted by Crippen LogP contribution is -1.81. The van der Waals surface area contributed by atoms with E-state index in [0.29, 0.717) is 0 Å². The second-order valence-electron chi connectivity index (χ2n) is 5.76. The van der Waals surface area contributed by atoms with E-state index in [1.165, 1.54) is 33.5 Å². The van der Waals surface area contributed by atoms with Gasteiger partial charge in [-0.25, -0.2) is 4.98 Å². The normalized spacial score (nSPS) is 11.5. The van der Waals surface area contributed by atoms with Crippen molar-refractivity contribution in [3.63, 3.8) is 0 Å². The number of nitrogens with zero attached hydrogens (tertiary/aromatic N) is 1. The zero-order valence-corrected chi connectivity index (χ0v) is 12.4. The summed E-state index contributed by atoms with van der Waals surface area (Å²) in [6, 6.07) is 25.6. The van der Waals surface area contributed by atoms with Crippen molar-refractivity contribution in [1.29, 1.82) is 0 Å². The van der Waals surface area contributed by atoms with Gasteiger partial charge in [0.05, 0.1) is 0 Å². The van der Waals surface area contributed by atoms with E-state index in [0.717, 1.165) is 16.7 Å². The predicted molar refractivity (Wildman–Crippen MR) is 94.5 cm³/mol. The van der Waals surface area contributed by atoms with Crippen LogP contribution in [0.5, 0.6) is 0 Å². The van der Waals surface area contributed by atoms with Crippen LogP contribution in [0.2, 0.25) is 0 Å². The molecule has 0 unspecified atom stereocenters. The summed E-state index contributed by atoms with van der Waals surface area (Å²) in [4.78, 5) is 4.17. The van der Waals surface area contributed by atoms with Crippen molar-refractivity contribution < 1.29 is 4.42 Å². The molecule has 2 heteroatoms. The summed E-state index contributed by atoms with van der Waals surface area (Å²) in [5.74, 6) is 0. The molecule has 0 atom stereocenters. The Kier molecular flexibility index (Phi) is 2.53. The maximum absolute atomic E-state index is 5.41. The fourth-order valence-electron chi connectivity index (χ4n) is 3.23. The highest BCUT2D eigenvalue weighted by atomic mass is 16.3. The first-order valence-electron chi connectivity index (χ1n) is 7.64. The van der Waals surface area contributed by atoms with Gasteiger partial charge in [-0.15, -0.1) is 0 Å². The van der Waals surface area contributed by atoms with Gasteiger partial charge in [-0.2, -0.15) is 0 Å². The Hall–Kier alpha value is -3.13. The van der Waals surface area contributed by atoms with Crippen LogP contribution in [0.1, 0.15) is 0 Å². The first-order chi connectivity index (χ1) is 11.4. The average molecular weight is 295 g/mol. The minimum atomic E-state index is 0.820. The van der Waals surface area contributed by atoms with Gasteiger partial charge >= 0.3 is 0 Å². The van der Waals surface area contributed by atoms with E-state index >= 15 is 0 Å². The molecule has 1 heterocycles. The highest BCUT2D eigenvalue weighted by Crippen LogP contribution is 2.30. The molecule has 2 nitrogen and oxygen atoms in total. The van der Waals surface area contributed by atoms with Gasteiger partial charge in [0, 0.05) is 0 Å². The third-order valence-electron chi connectivity index (χ3n) is 4.41. The summed E-state index contributed by atoms with van der Waals surface area (Å²) in [5, 5.41) is 5.10. The molecule has 0 saturated heterocycles. The fraction of sp³-hybridized carbons (Fsp3) is 0. The van der Waals surface area contributed by atoms with Crippen LogP contribution in [0.4, 0.5) is 0 Å². The zero-order valence-electron chi connectivity index (χ0n) is 12.4. The number of fused-ring (bicyclic) bond motifs is 4. The second kappa shape index (κ2) is 4.68. The Morgan fingerprint density at radius 2 is 1.43 bits per heavy atom. The number of oxazole rings is 1. The third kappa shape index (κ3) is 1.92. The zero-order chi connectivity index (χ0) is 15.2. The van der Waals surface area contributed by atoms with Gasteiger partial charge < -0.3 is 4.42 Å². The van der Waals surface area contributed by atoms with Crippen LogP contribution in [0.25, 0.3) is 43.8 Å². The molecule has 0 saturated carbocycles. The minimum Gasteiger partial charge on any atom is -0.443 e. The van der Waals surface area contributed by atoms with Crippen LogP contribution in [-0.4, -0.2) is 4.98 Å². The summed E-state index contributed by atoms with van der Waals surface area (Å²) in [5.41, 5.74) is 4.04. The van der Waals surface area contributed by atoms with Crippen LogP contribution >= 0.6 is 0 Å². The molecular weight excluding hydrogens is 282 g/mol. The molecule has 0 aliphatic rings. The van der Waals surface area contributed by atoms with E-state index in [4.69, 9.17) is 4.42 Å². The van der Waals surface area contributed by atoms with E-state index in [1.54, 1.807) is 0 Å². The van der Waals surface area contributed by atoms with Crippen molar-refractivity contribution in [2.24, 2.45) is 0 Å². The van der Waals surface area contributed by atoms with Crippen molar-refractivity contribution in [1.82, 2.24) is 4.98 Å². The largest absolute Gasteiger partial charge is 0.443 e. The van der Waals surface area contributed by atoms with E-state index in [-0.39, 0.29) is 0 Å². The Balaban J connectivity index is 1.74. The molecule has 0 bridgehead atoms. The highest BCUT2D eigenvalue weighted by molar-refractivity contribution is 6.08. The first kappa shape index (κ1) is 12.4. The van der Waals surface area contributed by atoms with Crippen LogP contribution in [0, 0.1) is 0 Å². The van der Waals surface area contributed by atoms with Crippen LogP contribution in [0.15, 0.2) is 83.6 Å². The molecule has 1 aromatic heterocycles. The molecule has 4 aromatic carbocycles. The quantitative estimate of drug-likeness (QED) is 0.365. The minimum absolute atomic E-state index is 0.820. The summed E-state index contributed by atoms with van der Waals surface area (Å²) < 4.78 is 5.41. The van der Waals surface area contributed by atoms with Crippen molar-refractivity contribution in [2.45, 2.75) is 0 Å². The van der Waals surface area contributed by atoms with Crippen molar-refractivity contribution in [3.8, 4) is 11.1 Å². The summed E-state index contributed by atoms with van der Waals surface area (Å²) in [6.07, 6.45) is 1.49. The predicted octanol–water partition coefficient (Wildman–Crippen LogP) is 5.80. The molecule has 0 aliphatic heterocycles. The molecule has 0 spiro atoms. The Morgan fingerprint density at radius 1 is 0.652 bits per heavy atom. The van der Waals surface area contributed by atoms with Crippen LogP contribution in [0.3, 0.4) is 0 Å². The topological polar surface area (TPSA) is 26.0 Å². The Labute approximate surface area is 133 Å². The van der Waals surface area contributed by atoms with E-state index < -0.39 is 0 Å². The van der Waals surface area contributed by atoms with Gasteiger partial charge in [-0.05, 0) is 50.9 Å². The average Bonchev–Trinajstić information content (AvgIpc) is 3.09. The molecule has 5 aromatic rings. The molecule has 108 valence electrons. The number of rotatable bonds is 1. The van der Waals surface area contributed by atoms with E-state index in [1.807, 2.05) is 12.1 Å². The summed E-state index contributed by atoms with van der Waals surface area (Å²) >= 11 is 0. The number of aromatic nitrogens is 1. The maximum atomic E-state index is 5.41. The fourth-order valence-corrected chi connectivity index (χ4v) is 3.23. The molecule has 0 fully saturated rings. The molecule has 5 rings (SSSR count). The van der Waals surface area contributed by atoms with E-state index in [9.17, 15) is 0 Å². The first-order valence-corrected chi connectivity index (χ1v) is 7.64. The molecule has 0 amide bonds. The smallest absolute Gasteiger partial charge is 0.181 e. The lowest BCUT2D eigenvalue weighted by Gasteiger charge is -2.07. The van der Waals surface area contributed by atoms with Gasteiger partial charge in [-0.1, -0.05) is 54.6 Å². The lowest BCUT2D eigenvalue weighted by molar-refractivity contribution is 0.602. The Morgan fingerprint density at radius 3 is 2.43 bits per heavy atom. The second-order valence-corrected chi connectivity index (χ2v) is 5.76. The van der Waals surface area contributed by atoms with Gasteiger partial charge in [0.2, 0.25) is 0 Å². The van der Waals surface area contributed by atoms with Crippen molar-refractivity contribution in [3.05, 3.63) is 79.2 Å². The molecule has 0 radical (unpaired) electrons. The molecular formula is C21H13NO. The maximum Gasteiger partial charge on any atom is 0.181 e. The monoisotopic (exact) mass is 295 g/mol. The lowest BCUT2D eigenvalue weighted by atomic mass is 9.97.